The van der Waals surface area contributed by atoms with E-state index in [1.54, 1.807) is 0 Å². The largest absolute Gasteiger partial charge is 0.534 e. The maximum Gasteiger partial charge on any atom is 0.534 e. The van der Waals surface area contributed by atoms with Gasteiger partial charge in [-0.05, 0) is 25.3 Å². The van der Waals surface area contributed by atoms with Gasteiger partial charge in [0, 0.05) is 6.42 Å². The minimum atomic E-state index is -5.62. The number of allylic oxidation sites excluding steroid dienone is 1. The lowest BCUT2D eigenvalue weighted by molar-refractivity contribution is -0.0526. The number of aliphatic hydroxyl groups excluding tert-OH is 1. The Bertz CT molecular complexity index is 396. The Labute approximate surface area is 90.8 Å². The van der Waals surface area contributed by atoms with E-state index in [0.29, 0.717) is 12.8 Å². The van der Waals surface area contributed by atoms with Crippen molar-refractivity contribution in [2.24, 2.45) is 0 Å². The molecular formula is C8H11F3O4S. The first-order valence-corrected chi connectivity index (χ1v) is 5.94. The second-order valence-electron chi connectivity index (χ2n) is 3.50. The summed E-state index contributed by atoms with van der Waals surface area (Å²) in [6.45, 7) is 1.35. The minimum absolute atomic E-state index is 0.0816. The number of hydrogen-bond acceptors (Lipinski definition) is 4. The molecule has 1 aliphatic carbocycles. The van der Waals surface area contributed by atoms with E-state index in [1.807, 2.05) is 0 Å². The molecule has 8 heteroatoms. The molecule has 94 valence electrons. The highest BCUT2D eigenvalue weighted by atomic mass is 32.2. The van der Waals surface area contributed by atoms with Crippen molar-refractivity contribution in [1.82, 2.24) is 0 Å². The fourth-order valence-electron chi connectivity index (χ4n) is 1.34. The third-order valence-electron chi connectivity index (χ3n) is 2.31. The predicted octanol–water partition coefficient (Wildman–Crippen LogP) is 1.67. The summed E-state index contributed by atoms with van der Waals surface area (Å²) >= 11 is 0. The van der Waals surface area contributed by atoms with Crippen LogP contribution in [0, 0.1) is 0 Å². The van der Waals surface area contributed by atoms with Gasteiger partial charge in [0.2, 0.25) is 0 Å². The first-order chi connectivity index (χ1) is 7.15. The van der Waals surface area contributed by atoms with Crippen LogP contribution in [-0.2, 0) is 14.3 Å². The second-order valence-corrected chi connectivity index (χ2v) is 5.04. The van der Waals surface area contributed by atoms with Crippen molar-refractivity contribution in [3.05, 3.63) is 11.3 Å². The van der Waals surface area contributed by atoms with E-state index < -0.39 is 21.7 Å². The fourth-order valence-corrected chi connectivity index (χ4v) is 1.92. The quantitative estimate of drug-likeness (QED) is 0.606. The summed E-state index contributed by atoms with van der Waals surface area (Å²) in [6.07, 6.45) is -0.0725. The van der Waals surface area contributed by atoms with Gasteiger partial charge >= 0.3 is 15.6 Å². The van der Waals surface area contributed by atoms with Crippen LogP contribution in [0.1, 0.15) is 26.2 Å². The standard InChI is InChI=1S/C8H11F3O4S/c1-5-6(12)3-2-4-7(5)15-16(13,14)8(9,10)11/h6,12H,2-4H2,1H3/t6-/m1/s1. The number of halogens is 3. The van der Waals surface area contributed by atoms with Crippen LogP contribution < -0.4 is 0 Å². The lowest BCUT2D eigenvalue weighted by atomic mass is 9.96. The highest BCUT2D eigenvalue weighted by Crippen LogP contribution is 2.32. The molecule has 16 heavy (non-hydrogen) atoms. The zero-order chi connectivity index (χ0) is 12.6. The Balaban J connectivity index is 2.94. The van der Waals surface area contributed by atoms with Crippen molar-refractivity contribution < 1.29 is 30.9 Å². The summed E-state index contributed by atoms with van der Waals surface area (Å²) in [5.41, 5.74) is -5.30. The van der Waals surface area contributed by atoms with Gasteiger partial charge in [-0.1, -0.05) is 0 Å². The van der Waals surface area contributed by atoms with Crippen molar-refractivity contribution in [2.45, 2.75) is 37.8 Å². The van der Waals surface area contributed by atoms with Crippen molar-refractivity contribution in [3.8, 4) is 0 Å². The van der Waals surface area contributed by atoms with Crippen LogP contribution in [0.2, 0.25) is 0 Å². The molecule has 0 amide bonds. The molecule has 0 radical (unpaired) electrons. The Morgan fingerprint density at radius 1 is 1.44 bits per heavy atom. The maximum absolute atomic E-state index is 12.0. The van der Waals surface area contributed by atoms with Gasteiger partial charge in [-0.15, -0.1) is 0 Å². The molecular weight excluding hydrogens is 249 g/mol. The Kier molecular flexibility index (Phi) is 3.53. The lowest BCUT2D eigenvalue weighted by Crippen LogP contribution is -2.27. The normalized spacial score (nSPS) is 23.4. The summed E-state index contributed by atoms with van der Waals surface area (Å²) < 4.78 is 61.5. The smallest absolute Gasteiger partial charge is 0.389 e. The van der Waals surface area contributed by atoms with E-state index in [2.05, 4.69) is 4.18 Å². The van der Waals surface area contributed by atoms with E-state index in [1.165, 1.54) is 6.92 Å². The molecule has 0 heterocycles. The van der Waals surface area contributed by atoms with Gasteiger partial charge in [-0.25, -0.2) is 0 Å². The summed E-state index contributed by atoms with van der Waals surface area (Å²) in [5, 5.41) is 9.33. The maximum atomic E-state index is 12.0. The van der Waals surface area contributed by atoms with Gasteiger partial charge in [0.05, 0.1) is 6.10 Å². The minimum Gasteiger partial charge on any atom is -0.389 e. The van der Waals surface area contributed by atoms with E-state index in [9.17, 15) is 26.7 Å². The van der Waals surface area contributed by atoms with Gasteiger partial charge in [0.15, 0.2) is 0 Å². The number of hydrogen-bond donors (Lipinski definition) is 1. The van der Waals surface area contributed by atoms with E-state index in [4.69, 9.17) is 0 Å². The molecule has 0 unspecified atom stereocenters. The van der Waals surface area contributed by atoms with Crippen molar-refractivity contribution >= 4 is 10.1 Å². The van der Waals surface area contributed by atoms with Crippen molar-refractivity contribution in [2.75, 3.05) is 0 Å². The summed E-state index contributed by atoms with van der Waals surface area (Å²) in [4.78, 5) is 0. The molecule has 0 aromatic rings. The molecule has 0 bridgehead atoms. The molecule has 0 saturated carbocycles. The molecule has 1 aliphatic rings. The first-order valence-electron chi connectivity index (χ1n) is 4.53. The molecule has 0 spiro atoms. The van der Waals surface area contributed by atoms with Gasteiger partial charge < -0.3 is 9.29 Å². The average Bonchev–Trinajstić information content (AvgIpc) is 2.11. The van der Waals surface area contributed by atoms with Crippen LogP contribution in [0.5, 0.6) is 0 Å². The Morgan fingerprint density at radius 2 is 2.00 bits per heavy atom. The van der Waals surface area contributed by atoms with Crippen LogP contribution in [-0.4, -0.2) is 25.1 Å². The summed E-state index contributed by atoms with van der Waals surface area (Å²) in [7, 11) is -5.62. The SMILES string of the molecule is CC1=C(OS(=O)(=O)C(F)(F)F)CCC[C@H]1O. The highest BCUT2D eigenvalue weighted by molar-refractivity contribution is 7.87. The Morgan fingerprint density at radius 3 is 2.50 bits per heavy atom. The molecule has 0 aliphatic heterocycles. The van der Waals surface area contributed by atoms with Gasteiger partial charge in [-0.3, -0.25) is 0 Å². The summed E-state index contributed by atoms with van der Waals surface area (Å²) in [5.74, 6) is -0.309. The van der Waals surface area contributed by atoms with Crippen molar-refractivity contribution in [3.63, 3.8) is 0 Å². The molecule has 0 aromatic carbocycles. The van der Waals surface area contributed by atoms with Gasteiger partial charge in [0.25, 0.3) is 0 Å². The van der Waals surface area contributed by atoms with Gasteiger partial charge in [0.1, 0.15) is 5.76 Å². The zero-order valence-corrected chi connectivity index (χ0v) is 9.23. The monoisotopic (exact) mass is 260 g/mol. The fraction of sp³-hybridized carbons (Fsp3) is 0.750. The van der Waals surface area contributed by atoms with E-state index in [-0.39, 0.29) is 17.8 Å². The predicted molar refractivity (Wildman–Crippen MR) is 48.6 cm³/mol. The van der Waals surface area contributed by atoms with Gasteiger partial charge in [-0.2, -0.15) is 21.6 Å². The Hall–Kier alpha value is -0.760. The van der Waals surface area contributed by atoms with Crippen LogP contribution in [0.4, 0.5) is 13.2 Å². The lowest BCUT2D eigenvalue weighted by Gasteiger charge is -2.22. The van der Waals surface area contributed by atoms with Crippen LogP contribution in [0.25, 0.3) is 0 Å². The molecule has 4 nitrogen and oxygen atoms in total. The molecule has 0 aromatic heterocycles. The van der Waals surface area contributed by atoms with E-state index >= 15 is 0 Å². The zero-order valence-electron chi connectivity index (χ0n) is 8.41. The molecule has 1 rings (SSSR count). The third-order valence-corrected chi connectivity index (χ3v) is 3.30. The van der Waals surface area contributed by atoms with Crippen LogP contribution in [0.15, 0.2) is 11.3 Å². The highest BCUT2D eigenvalue weighted by Gasteiger charge is 2.49. The number of rotatable bonds is 2. The first kappa shape index (κ1) is 13.3. The average molecular weight is 260 g/mol. The molecule has 1 atom stereocenters. The third kappa shape index (κ3) is 2.67. The van der Waals surface area contributed by atoms with Crippen LogP contribution >= 0.6 is 0 Å². The van der Waals surface area contributed by atoms with E-state index in [0.717, 1.165) is 0 Å². The molecule has 0 fully saturated rings. The van der Waals surface area contributed by atoms with Crippen LogP contribution in [0.3, 0.4) is 0 Å². The number of alkyl halides is 3. The summed E-state index contributed by atoms with van der Waals surface area (Å²) in [6, 6.07) is 0. The number of aliphatic hydroxyl groups is 1. The molecule has 1 N–H and O–H groups in total. The molecule has 0 saturated heterocycles. The second kappa shape index (κ2) is 4.25. The van der Waals surface area contributed by atoms with Crippen molar-refractivity contribution in [1.29, 1.82) is 0 Å². The topological polar surface area (TPSA) is 63.6 Å².